The molecule has 11 heteroatoms. The number of piperazine rings is 1. The summed E-state index contributed by atoms with van der Waals surface area (Å²) in [5.74, 6) is 3.89. The quantitative estimate of drug-likeness (QED) is 0.187. The second kappa shape index (κ2) is 13.4. The second-order valence-electron chi connectivity index (χ2n) is 17.5. The molecule has 1 unspecified atom stereocenters. The minimum atomic E-state index is -2.01. The van der Waals surface area contributed by atoms with Crippen molar-refractivity contribution >= 4 is 30.9 Å². The van der Waals surface area contributed by atoms with Crippen molar-refractivity contribution in [1.29, 1.82) is 0 Å². The van der Waals surface area contributed by atoms with E-state index in [9.17, 15) is 9.50 Å². The highest BCUT2D eigenvalue weighted by Gasteiger charge is 2.50. The van der Waals surface area contributed by atoms with Crippen LogP contribution in [-0.4, -0.2) is 89.6 Å². The molecule has 2 N–H and O–H groups in total. The van der Waals surface area contributed by atoms with Crippen LogP contribution in [0, 0.1) is 17.3 Å². The molecule has 0 radical (unpaired) electrons. The van der Waals surface area contributed by atoms with Gasteiger partial charge in [0.15, 0.2) is 0 Å². The number of aromatic nitrogens is 3. The zero-order valence-corrected chi connectivity index (χ0v) is 33.1. The maximum Gasteiger partial charge on any atom is 0.319 e. The standard InChI is InChI=1S/C42H54F2N6O2Si/c1-27(2)53(28(3)4,29(5)6)19-11-30-8-9-35(44)33-22-42(51,13-10-32(30)33)37-20-36-34(23-45-37)38(49-18-16-46-40(25-49)14-15-40)48-39(47-36)52-26-41-12-7-17-50(41)24-31(43)21-41/h8-10,13,20,23,27-29,31,46,51H,7,12,14-18,21-22,24-26H2,1-6H3/t31-,41+,42?/m1/s1. The van der Waals surface area contributed by atoms with Gasteiger partial charge in [0.2, 0.25) is 0 Å². The molecule has 4 fully saturated rings. The zero-order chi connectivity index (χ0) is 37.3. The summed E-state index contributed by atoms with van der Waals surface area (Å²) in [5.41, 5.74) is 6.33. The fraction of sp³-hybridized carbons (Fsp3) is 0.595. The van der Waals surface area contributed by atoms with Crippen LogP contribution in [0.25, 0.3) is 17.0 Å². The number of ether oxygens (including phenoxy) is 1. The van der Waals surface area contributed by atoms with E-state index in [0.717, 1.165) is 74.2 Å². The third kappa shape index (κ3) is 6.37. The fourth-order valence-corrected chi connectivity index (χ4v) is 15.5. The van der Waals surface area contributed by atoms with Gasteiger partial charge in [-0.05, 0) is 84.3 Å². The third-order valence-corrected chi connectivity index (χ3v) is 19.6. The number of benzene rings is 1. The molecule has 8 rings (SSSR count). The number of hydrogen-bond donors (Lipinski definition) is 2. The van der Waals surface area contributed by atoms with Crippen molar-refractivity contribution in [1.82, 2.24) is 25.2 Å². The van der Waals surface area contributed by atoms with Gasteiger partial charge in [0.05, 0.1) is 22.1 Å². The Hall–Kier alpha value is -3.43. The number of alkyl halides is 1. The number of fused-ring (bicyclic) bond motifs is 3. The Balaban J connectivity index is 1.14. The van der Waals surface area contributed by atoms with E-state index in [1.807, 2.05) is 6.08 Å². The molecule has 2 aromatic heterocycles. The van der Waals surface area contributed by atoms with Crippen LogP contribution in [0.1, 0.15) is 96.0 Å². The van der Waals surface area contributed by atoms with Crippen molar-refractivity contribution < 1.29 is 18.6 Å². The van der Waals surface area contributed by atoms with Gasteiger partial charge in [-0.2, -0.15) is 9.97 Å². The summed E-state index contributed by atoms with van der Waals surface area (Å²) in [6, 6.07) is 5.28. The SMILES string of the molecule is CC(C)[Si](C#Cc1ccc(F)c2c1C=CC(O)(c1cc3nc(OC[C@@]45CCCN4C[C@H](F)C5)nc(N4CCNC5(CC5)C4)c3cn1)C2)(C(C)C)C(C)C. The van der Waals surface area contributed by atoms with Crippen LogP contribution in [-0.2, 0) is 12.0 Å². The lowest BCUT2D eigenvalue weighted by Gasteiger charge is -2.38. The molecule has 1 spiro atoms. The van der Waals surface area contributed by atoms with Crippen LogP contribution in [0.2, 0.25) is 16.6 Å². The number of aliphatic hydroxyl groups is 1. The molecule has 0 bridgehead atoms. The highest BCUT2D eigenvalue weighted by Crippen LogP contribution is 2.44. The number of halogens is 2. The van der Waals surface area contributed by atoms with Gasteiger partial charge in [-0.15, -0.1) is 5.54 Å². The van der Waals surface area contributed by atoms with Crippen LogP contribution < -0.4 is 15.0 Å². The minimum absolute atomic E-state index is 0.0180. The van der Waals surface area contributed by atoms with E-state index in [2.05, 4.69) is 68.1 Å². The number of rotatable bonds is 8. The summed E-state index contributed by atoms with van der Waals surface area (Å²) in [4.78, 5) is 19.1. The van der Waals surface area contributed by atoms with E-state index in [1.54, 1.807) is 24.4 Å². The van der Waals surface area contributed by atoms with Crippen LogP contribution in [0.3, 0.4) is 0 Å². The molecule has 5 heterocycles. The van der Waals surface area contributed by atoms with Crippen LogP contribution in [0.15, 0.2) is 30.5 Å². The molecule has 3 atom stereocenters. The van der Waals surface area contributed by atoms with Gasteiger partial charge in [-0.3, -0.25) is 9.88 Å². The zero-order valence-electron chi connectivity index (χ0n) is 32.1. The first kappa shape index (κ1) is 36.5. The van der Waals surface area contributed by atoms with Gasteiger partial charge in [-0.25, -0.2) is 8.78 Å². The molecule has 1 saturated carbocycles. The Labute approximate surface area is 313 Å². The van der Waals surface area contributed by atoms with E-state index in [-0.39, 0.29) is 29.3 Å². The van der Waals surface area contributed by atoms with Gasteiger partial charge < -0.3 is 20.1 Å². The largest absolute Gasteiger partial charge is 0.461 e. The lowest BCUT2D eigenvalue weighted by Crippen LogP contribution is -2.52. The lowest BCUT2D eigenvalue weighted by atomic mass is 9.81. The van der Waals surface area contributed by atoms with Crippen molar-refractivity contribution in [3.05, 3.63) is 58.7 Å². The van der Waals surface area contributed by atoms with Crippen molar-refractivity contribution in [2.45, 2.75) is 120 Å². The molecule has 0 amide bonds. The van der Waals surface area contributed by atoms with Crippen molar-refractivity contribution in [3.8, 4) is 17.5 Å². The summed E-state index contributed by atoms with van der Waals surface area (Å²) >= 11 is 0. The third-order valence-electron chi connectivity index (χ3n) is 13.3. The first-order valence-corrected chi connectivity index (χ1v) is 22.0. The topological polar surface area (TPSA) is 86.6 Å². The normalized spacial score (nSPS) is 26.4. The fourth-order valence-electron chi connectivity index (χ4n) is 10.3. The molecule has 282 valence electrons. The van der Waals surface area contributed by atoms with E-state index in [0.29, 0.717) is 53.0 Å². The van der Waals surface area contributed by atoms with Gasteiger partial charge in [-0.1, -0.05) is 53.5 Å². The smallest absolute Gasteiger partial charge is 0.319 e. The van der Waals surface area contributed by atoms with Gasteiger partial charge >= 0.3 is 6.01 Å². The van der Waals surface area contributed by atoms with Crippen molar-refractivity contribution in [3.63, 3.8) is 0 Å². The van der Waals surface area contributed by atoms with Crippen LogP contribution in [0.5, 0.6) is 6.01 Å². The molecule has 53 heavy (non-hydrogen) atoms. The second-order valence-corrected chi connectivity index (χ2v) is 23.1. The first-order chi connectivity index (χ1) is 25.3. The highest BCUT2D eigenvalue weighted by atomic mass is 28.3. The number of anilines is 1. The summed E-state index contributed by atoms with van der Waals surface area (Å²) in [6.07, 6.45) is 9.07. The summed E-state index contributed by atoms with van der Waals surface area (Å²) in [7, 11) is -2.01. The Morgan fingerprint density at radius 1 is 1.08 bits per heavy atom. The van der Waals surface area contributed by atoms with E-state index >= 15 is 4.39 Å². The van der Waals surface area contributed by atoms with E-state index < -0.39 is 19.8 Å². The Kier molecular flexibility index (Phi) is 9.24. The van der Waals surface area contributed by atoms with E-state index in [1.165, 1.54) is 6.07 Å². The average molecular weight is 741 g/mol. The Bertz CT molecular complexity index is 1980. The first-order valence-electron chi connectivity index (χ1n) is 19.7. The molecule has 2 aliphatic carbocycles. The predicted molar refractivity (Wildman–Crippen MR) is 209 cm³/mol. The van der Waals surface area contributed by atoms with Crippen LogP contribution in [0.4, 0.5) is 14.6 Å². The number of pyridine rings is 1. The highest BCUT2D eigenvalue weighted by molar-refractivity contribution is 6.90. The van der Waals surface area contributed by atoms with E-state index in [4.69, 9.17) is 19.7 Å². The summed E-state index contributed by atoms with van der Waals surface area (Å²) in [5, 5.41) is 16.6. The molecule has 3 saturated heterocycles. The molecule has 3 aromatic rings. The van der Waals surface area contributed by atoms with Gasteiger partial charge in [0.1, 0.15) is 38.1 Å². The predicted octanol–water partition coefficient (Wildman–Crippen LogP) is 7.09. The monoisotopic (exact) mass is 740 g/mol. The maximum atomic E-state index is 15.7. The van der Waals surface area contributed by atoms with Crippen LogP contribution >= 0.6 is 0 Å². The molecule has 5 aliphatic rings. The Morgan fingerprint density at radius 2 is 1.85 bits per heavy atom. The number of nitrogens with zero attached hydrogens (tertiary/aromatic N) is 5. The Morgan fingerprint density at radius 3 is 2.58 bits per heavy atom. The van der Waals surface area contributed by atoms with Gasteiger partial charge in [0.25, 0.3) is 0 Å². The molecule has 1 aromatic carbocycles. The lowest BCUT2D eigenvalue weighted by molar-refractivity contribution is 0.0836. The number of hydrogen-bond acceptors (Lipinski definition) is 8. The summed E-state index contributed by atoms with van der Waals surface area (Å²) < 4.78 is 36.6. The molecular formula is C42H54F2N6O2Si. The van der Waals surface area contributed by atoms with Gasteiger partial charge in [0, 0.05) is 56.3 Å². The molecule has 8 nitrogen and oxygen atoms in total. The summed E-state index contributed by atoms with van der Waals surface area (Å²) in [6.45, 7) is 17.8. The molecular weight excluding hydrogens is 687 g/mol. The number of nitrogens with one attached hydrogen (secondary N) is 1. The molecule has 3 aliphatic heterocycles. The van der Waals surface area contributed by atoms with Crippen molar-refractivity contribution in [2.24, 2.45) is 0 Å². The van der Waals surface area contributed by atoms with Crippen molar-refractivity contribution in [2.75, 3.05) is 44.2 Å². The minimum Gasteiger partial charge on any atom is -0.461 e. The maximum absolute atomic E-state index is 15.7. The average Bonchev–Trinajstić information content (AvgIpc) is 3.62.